The van der Waals surface area contributed by atoms with Gasteiger partial charge in [0.25, 0.3) is 5.91 Å². The molecular formula is C14H14N2O5. The molecule has 7 heteroatoms. The van der Waals surface area contributed by atoms with Crippen molar-refractivity contribution in [1.29, 1.82) is 0 Å². The maximum absolute atomic E-state index is 12.2. The topological polar surface area (TPSA) is 133 Å². The highest BCUT2D eigenvalue weighted by molar-refractivity contribution is 6.16. The van der Waals surface area contributed by atoms with Gasteiger partial charge in [0.1, 0.15) is 0 Å². The van der Waals surface area contributed by atoms with Gasteiger partial charge in [-0.1, -0.05) is 30.3 Å². The van der Waals surface area contributed by atoms with Crippen LogP contribution in [0, 0.1) is 6.92 Å². The zero-order valence-electron chi connectivity index (χ0n) is 11.1. The summed E-state index contributed by atoms with van der Waals surface area (Å²) in [5.41, 5.74) is 5.59. The molecule has 0 saturated carbocycles. The Kier molecular flexibility index (Phi) is 3.65. The molecule has 0 aliphatic rings. The third-order valence-electron chi connectivity index (χ3n) is 3.00. The standard InChI is InChI=1S/C14H14N2O5/c1-7-6-8-4-2-3-5-9(8)11(10(7)12(15)17)13(18)16-14(19,20)21/h2-6,19-21H,1H3,(H2,15,17)(H,16,18). The molecule has 0 radical (unpaired) electrons. The number of carbonyl (C=O) groups is 2. The third-order valence-corrected chi connectivity index (χ3v) is 3.00. The Bertz CT molecular complexity index is 734. The number of hydrogen-bond donors (Lipinski definition) is 5. The number of nitrogens with two attached hydrogens (primary N) is 1. The highest BCUT2D eigenvalue weighted by Crippen LogP contribution is 2.26. The number of nitrogens with one attached hydrogen (secondary N) is 1. The van der Waals surface area contributed by atoms with Crippen LogP contribution >= 0.6 is 0 Å². The van der Waals surface area contributed by atoms with Crippen LogP contribution in [-0.4, -0.2) is 33.2 Å². The summed E-state index contributed by atoms with van der Waals surface area (Å²) >= 11 is 0. The van der Waals surface area contributed by atoms with Crippen molar-refractivity contribution in [2.24, 2.45) is 5.73 Å². The van der Waals surface area contributed by atoms with Gasteiger partial charge >= 0.3 is 6.10 Å². The Labute approximate surface area is 119 Å². The van der Waals surface area contributed by atoms with E-state index in [1.807, 2.05) is 0 Å². The van der Waals surface area contributed by atoms with Gasteiger partial charge in [0.2, 0.25) is 5.91 Å². The normalized spacial score (nSPS) is 11.4. The first-order valence-corrected chi connectivity index (χ1v) is 6.02. The molecule has 0 saturated heterocycles. The SMILES string of the molecule is Cc1cc2ccccc2c(C(=O)NC(O)(O)O)c1C(N)=O. The van der Waals surface area contributed by atoms with E-state index in [-0.39, 0.29) is 11.1 Å². The van der Waals surface area contributed by atoms with Crippen LogP contribution in [0.2, 0.25) is 0 Å². The van der Waals surface area contributed by atoms with Crippen LogP contribution in [0.25, 0.3) is 10.8 Å². The van der Waals surface area contributed by atoms with Crippen LogP contribution in [0.5, 0.6) is 0 Å². The van der Waals surface area contributed by atoms with Crippen LogP contribution in [0.4, 0.5) is 0 Å². The number of aryl methyl sites for hydroxylation is 1. The number of rotatable bonds is 3. The molecule has 2 rings (SSSR count). The molecule has 2 aromatic carbocycles. The second kappa shape index (κ2) is 5.13. The van der Waals surface area contributed by atoms with E-state index in [0.29, 0.717) is 16.3 Å². The molecule has 0 bridgehead atoms. The molecular weight excluding hydrogens is 276 g/mol. The molecule has 0 aromatic heterocycles. The molecule has 2 aromatic rings. The summed E-state index contributed by atoms with van der Waals surface area (Å²) in [7, 11) is 0. The van der Waals surface area contributed by atoms with Gasteiger partial charge in [0.05, 0.1) is 11.1 Å². The van der Waals surface area contributed by atoms with Crippen molar-refractivity contribution < 1.29 is 24.9 Å². The van der Waals surface area contributed by atoms with Gasteiger partial charge in [-0.2, -0.15) is 0 Å². The lowest BCUT2D eigenvalue weighted by Crippen LogP contribution is -2.48. The molecule has 21 heavy (non-hydrogen) atoms. The molecule has 6 N–H and O–H groups in total. The largest absolute Gasteiger partial charge is 0.369 e. The van der Waals surface area contributed by atoms with Crippen molar-refractivity contribution in [3.63, 3.8) is 0 Å². The monoisotopic (exact) mass is 290 g/mol. The first-order chi connectivity index (χ1) is 9.70. The average molecular weight is 290 g/mol. The number of primary amides is 1. The Hall–Kier alpha value is -2.48. The van der Waals surface area contributed by atoms with Crippen molar-refractivity contribution >= 4 is 22.6 Å². The van der Waals surface area contributed by atoms with Gasteiger partial charge in [0, 0.05) is 0 Å². The Morgan fingerprint density at radius 1 is 1.14 bits per heavy atom. The number of fused-ring (bicyclic) bond motifs is 1. The molecule has 7 nitrogen and oxygen atoms in total. The lowest BCUT2D eigenvalue weighted by atomic mass is 9.93. The van der Waals surface area contributed by atoms with E-state index in [2.05, 4.69) is 0 Å². The molecule has 0 aliphatic heterocycles. The van der Waals surface area contributed by atoms with Gasteiger partial charge in [0.15, 0.2) is 0 Å². The lowest BCUT2D eigenvalue weighted by molar-refractivity contribution is -0.323. The second-order valence-electron chi connectivity index (χ2n) is 4.62. The van der Waals surface area contributed by atoms with E-state index >= 15 is 0 Å². The highest BCUT2D eigenvalue weighted by atomic mass is 16.7. The van der Waals surface area contributed by atoms with E-state index in [1.54, 1.807) is 42.6 Å². The predicted octanol–water partition coefficient (Wildman–Crippen LogP) is -0.435. The minimum atomic E-state index is -3.39. The van der Waals surface area contributed by atoms with Gasteiger partial charge in [-0.3, -0.25) is 14.9 Å². The van der Waals surface area contributed by atoms with Gasteiger partial charge in [-0.15, -0.1) is 0 Å². The van der Waals surface area contributed by atoms with Crippen LogP contribution in [-0.2, 0) is 0 Å². The van der Waals surface area contributed by atoms with E-state index in [1.165, 1.54) is 0 Å². The smallest absolute Gasteiger partial charge is 0.366 e. The zero-order chi connectivity index (χ0) is 15.8. The van der Waals surface area contributed by atoms with Crippen molar-refractivity contribution in [3.8, 4) is 0 Å². The van der Waals surface area contributed by atoms with Crippen molar-refractivity contribution in [3.05, 3.63) is 47.0 Å². The fraction of sp³-hybridized carbons (Fsp3) is 0.143. The molecule has 0 aliphatic carbocycles. The number of amides is 2. The van der Waals surface area contributed by atoms with Crippen molar-refractivity contribution in [2.45, 2.75) is 13.0 Å². The molecule has 2 amide bonds. The van der Waals surface area contributed by atoms with Crippen LogP contribution < -0.4 is 11.1 Å². The summed E-state index contributed by atoms with van der Waals surface area (Å²) in [6, 6.07) is 8.42. The Morgan fingerprint density at radius 2 is 1.76 bits per heavy atom. The van der Waals surface area contributed by atoms with E-state index < -0.39 is 17.9 Å². The molecule has 0 heterocycles. The number of hydrogen-bond acceptors (Lipinski definition) is 5. The van der Waals surface area contributed by atoms with E-state index in [0.717, 1.165) is 0 Å². The average Bonchev–Trinajstić information content (AvgIpc) is 2.34. The summed E-state index contributed by atoms with van der Waals surface area (Å²) in [5.74, 6) is -1.86. The van der Waals surface area contributed by atoms with Gasteiger partial charge in [-0.25, -0.2) is 0 Å². The minimum absolute atomic E-state index is 0.0459. The molecule has 0 fully saturated rings. The number of carbonyl (C=O) groups excluding carboxylic acids is 2. The fourth-order valence-electron chi connectivity index (χ4n) is 2.26. The molecule has 0 atom stereocenters. The zero-order valence-corrected chi connectivity index (χ0v) is 11.1. The maximum atomic E-state index is 12.2. The summed E-state index contributed by atoms with van der Waals surface area (Å²) in [4.78, 5) is 23.8. The van der Waals surface area contributed by atoms with Crippen LogP contribution in [0.15, 0.2) is 30.3 Å². The van der Waals surface area contributed by atoms with Crippen LogP contribution in [0.1, 0.15) is 26.3 Å². The van der Waals surface area contributed by atoms with Crippen molar-refractivity contribution in [1.82, 2.24) is 5.32 Å². The second-order valence-corrected chi connectivity index (χ2v) is 4.62. The summed E-state index contributed by atoms with van der Waals surface area (Å²) in [5, 5.41) is 29.3. The number of aliphatic hydroxyl groups is 3. The maximum Gasteiger partial charge on any atom is 0.369 e. The molecule has 110 valence electrons. The minimum Gasteiger partial charge on any atom is -0.366 e. The first-order valence-electron chi connectivity index (χ1n) is 6.02. The third kappa shape index (κ3) is 3.00. The lowest BCUT2D eigenvalue weighted by Gasteiger charge is -2.18. The van der Waals surface area contributed by atoms with Gasteiger partial charge in [-0.05, 0) is 23.3 Å². The number of benzene rings is 2. The van der Waals surface area contributed by atoms with E-state index in [9.17, 15) is 9.59 Å². The predicted molar refractivity (Wildman–Crippen MR) is 74.1 cm³/mol. The van der Waals surface area contributed by atoms with E-state index in [4.69, 9.17) is 21.1 Å². The summed E-state index contributed by atoms with van der Waals surface area (Å²) in [6.45, 7) is 1.60. The fourth-order valence-corrected chi connectivity index (χ4v) is 2.26. The summed E-state index contributed by atoms with van der Waals surface area (Å²) in [6.07, 6.45) is -3.39. The summed E-state index contributed by atoms with van der Waals surface area (Å²) < 4.78 is 0. The Morgan fingerprint density at radius 3 is 2.33 bits per heavy atom. The van der Waals surface area contributed by atoms with Crippen molar-refractivity contribution in [2.75, 3.05) is 0 Å². The first kappa shape index (κ1) is 14.9. The van der Waals surface area contributed by atoms with Gasteiger partial charge < -0.3 is 21.1 Å². The Balaban J connectivity index is 2.77. The molecule has 0 unspecified atom stereocenters. The quantitative estimate of drug-likeness (QED) is 0.489. The molecule has 0 spiro atoms. The highest BCUT2D eigenvalue weighted by Gasteiger charge is 2.27. The van der Waals surface area contributed by atoms with Crippen LogP contribution in [0.3, 0.4) is 0 Å².